The summed E-state index contributed by atoms with van der Waals surface area (Å²) < 4.78 is 7.50. The van der Waals surface area contributed by atoms with Crippen molar-refractivity contribution in [2.45, 2.75) is 19.6 Å². The molecule has 6 nitrogen and oxygen atoms in total. The number of aromatic nitrogens is 3. The Balaban J connectivity index is 1.77. The van der Waals surface area contributed by atoms with Gasteiger partial charge in [-0.15, -0.1) is 11.3 Å². The molecule has 2 aromatic rings. The van der Waals surface area contributed by atoms with E-state index in [1.165, 1.54) is 0 Å². The van der Waals surface area contributed by atoms with E-state index >= 15 is 0 Å². The molecule has 3 heterocycles. The standard InChI is InChI=1S/C14H18N4O2S3/c1-2-20-13(19)10-8-22-7-5-17(10)9-18-14(21)15-12(16-18)11-4-3-6-23-11/h3-4,6,10H,2,5,7-9H2,1H3,(H,15,16,21). The normalized spacial score (nSPS) is 18.9. The van der Waals surface area contributed by atoms with Gasteiger partial charge in [0.25, 0.3) is 0 Å². The van der Waals surface area contributed by atoms with Crippen molar-refractivity contribution in [1.82, 2.24) is 19.7 Å². The summed E-state index contributed by atoms with van der Waals surface area (Å²) in [5.41, 5.74) is 0. The van der Waals surface area contributed by atoms with E-state index in [2.05, 4.69) is 15.0 Å². The Bertz CT molecular complexity index is 710. The number of H-pyrrole nitrogens is 1. The zero-order valence-corrected chi connectivity index (χ0v) is 15.2. The van der Waals surface area contributed by atoms with Crippen LogP contribution in [0.25, 0.3) is 10.7 Å². The Morgan fingerprint density at radius 2 is 2.48 bits per heavy atom. The lowest BCUT2D eigenvalue weighted by Crippen LogP contribution is -2.48. The fraction of sp³-hybridized carbons (Fsp3) is 0.500. The zero-order valence-electron chi connectivity index (χ0n) is 12.7. The van der Waals surface area contributed by atoms with Gasteiger partial charge in [0.05, 0.1) is 18.2 Å². The van der Waals surface area contributed by atoms with Gasteiger partial charge < -0.3 is 4.74 Å². The van der Waals surface area contributed by atoms with Crippen molar-refractivity contribution in [3.05, 3.63) is 22.3 Å². The molecule has 0 saturated carbocycles. The minimum Gasteiger partial charge on any atom is -0.465 e. The average molecular weight is 371 g/mol. The molecule has 1 aliphatic rings. The number of hydrogen-bond donors (Lipinski definition) is 1. The Hall–Kier alpha value is -1.16. The highest BCUT2D eigenvalue weighted by Gasteiger charge is 2.30. The lowest BCUT2D eigenvalue weighted by molar-refractivity contribution is -0.149. The molecule has 1 N–H and O–H groups in total. The number of hydrogen-bond acceptors (Lipinski definition) is 7. The summed E-state index contributed by atoms with van der Waals surface area (Å²) in [6.45, 7) is 3.57. The minimum atomic E-state index is -0.232. The number of aromatic amines is 1. The van der Waals surface area contributed by atoms with Gasteiger partial charge in [0.2, 0.25) is 4.77 Å². The summed E-state index contributed by atoms with van der Waals surface area (Å²) in [5.74, 6) is 2.35. The Kier molecular flexibility index (Phi) is 5.52. The van der Waals surface area contributed by atoms with Crippen LogP contribution in [0.2, 0.25) is 0 Å². The van der Waals surface area contributed by atoms with E-state index < -0.39 is 0 Å². The van der Waals surface area contributed by atoms with Crippen LogP contribution in [0.3, 0.4) is 0 Å². The van der Waals surface area contributed by atoms with E-state index in [0.717, 1.165) is 28.8 Å². The summed E-state index contributed by atoms with van der Waals surface area (Å²) in [5, 5.41) is 5.24. The van der Waals surface area contributed by atoms with E-state index in [1.54, 1.807) is 23.1 Å². The van der Waals surface area contributed by atoms with Crippen molar-refractivity contribution in [3.8, 4) is 10.7 Å². The molecule has 0 aromatic carbocycles. The second-order valence-corrected chi connectivity index (χ2v) is 7.52. The van der Waals surface area contributed by atoms with E-state index in [1.807, 2.05) is 29.1 Å². The second kappa shape index (κ2) is 7.61. The molecule has 1 fully saturated rings. The number of carbonyl (C=O) groups is 1. The fourth-order valence-corrected chi connectivity index (χ4v) is 4.38. The zero-order chi connectivity index (χ0) is 16.2. The summed E-state index contributed by atoms with van der Waals surface area (Å²) in [7, 11) is 0. The largest absolute Gasteiger partial charge is 0.465 e. The molecule has 1 aliphatic heterocycles. The van der Waals surface area contributed by atoms with Crippen molar-refractivity contribution in [3.63, 3.8) is 0 Å². The van der Waals surface area contributed by atoms with Crippen molar-refractivity contribution >= 4 is 41.3 Å². The maximum Gasteiger partial charge on any atom is 0.324 e. The highest BCUT2D eigenvalue weighted by molar-refractivity contribution is 7.99. The smallest absolute Gasteiger partial charge is 0.324 e. The first-order valence-electron chi connectivity index (χ1n) is 7.38. The van der Waals surface area contributed by atoms with Gasteiger partial charge in [-0.05, 0) is 30.6 Å². The third-order valence-electron chi connectivity index (χ3n) is 3.55. The first kappa shape index (κ1) is 16.7. The Morgan fingerprint density at radius 3 is 3.22 bits per heavy atom. The molecular weight excluding hydrogens is 352 g/mol. The minimum absolute atomic E-state index is 0.163. The van der Waals surface area contributed by atoms with Gasteiger partial charge in [0.1, 0.15) is 6.04 Å². The summed E-state index contributed by atoms with van der Waals surface area (Å²) in [6, 6.07) is 3.75. The van der Waals surface area contributed by atoms with Crippen LogP contribution >= 0.6 is 35.3 Å². The highest BCUT2D eigenvalue weighted by Crippen LogP contribution is 2.22. The second-order valence-electron chi connectivity index (χ2n) is 5.06. The van der Waals surface area contributed by atoms with Crippen LogP contribution in [0.1, 0.15) is 6.92 Å². The van der Waals surface area contributed by atoms with Crippen molar-refractivity contribution in [1.29, 1.82) is 0 Å². The highest BCUT2D eigenvalue weighted by atomic mass is 32.2. The number of carbonyl (C=O) groups excluding carboxylic acids is 1. The quantitative estimate of drug-likeness (QED) is 0.645. The predicted octanol–water partition coefficient (Wildman–Crippen LogP) is 2.61. The fourth-order valence-electron chi connectivity index (χ4n) is 2.42. The Morgan fingerprint density at radius 1 is 1.61 bits per heavy atom. The summed E-state index contributed by atoms with van der Waals surface area (Å²) in [4.78, 5) is 19.7. The van der Waals surface area contributed by atoms with Gasteiger partial charge in [-0.2, -0.15) is 16.7 Å². The predicted molar refractivity (Wildman–Crippen MR) is 95.2 cm³/mol. The molecule has 124 valence electrons. The van der Waals surface area contributed by atoms with E-state index in [-0.39, 0.29) is 12.0 Å². The molecular formula is C14H18N4O2S3. The van der Waals surface area contributed by atoms with E-state index in [9.17, 15) is 4.79 Å². The monoisotopic (exact) mass is 370 g/mol. The third kappa shape index (κ3) is 3.85. The molecule has 0 aliphatic carbocycles. The van der Waals surface area contributed by atoms with E-state index in [4.69, 9.17) is 17.0 Å². The first-order chi connectivity index (χ1) is 11.2. The van der Waals surface area contributed by atoms with Gasteiger partial charge in [0.15, 0.2) is 5.82 Å². The molecule has 0 amide bonds. The van der Waals surface area contributed by atoms with Gasteiger partial charge >= 0.3 is 5.97 Å². The maximum atomic E-state index is 12.1. The number of ether oxygens (including phenoxy) is 1. The van der Waals surface area contributed by atoms with Gasteiger partial charge in [-0.1, -0.05) is 6.07 Å². The van der Waals surface area contributed by atoms with Crippen LogP contribution < -0.4 is 0 Å². The molecule has 1 atom stereocenters. The van der Waals surface area contributed by atoms with Crippen LogP contribution in [-0.2, 0) is 16.2 Å². The molecule has 1 saturated heterocycles. The number of thioether (sulfide) groups is 1. The molecule has 0 spiro atoms. The number of thiophene rings is 1. The van der Waals surface area contributed by atoms with Crippen molar-refractivity contribution in [2.75, 3.05) is 24.7 Å². The average Bonchev–Trinajstić information content (AvgIpc) is 3.18. The molecule has 3 rings (SSSR count). The number of nitrogens with zero attached hydrogens (tertiary/aromatic N) is 3. The lowest BCUT2D eigenvalue weighted by atomic mass is 10.3. The molecule has 0 radical (unpaired) electrons. The number of esters is 1. The Labute approximate surface area is 147 Å². The summed E-state index contributed by atoms with van der Waals surface area (Å²) in [6.07, 6.45) is 0. The van der Waals surface area contributed by atoms with E-state index in [0.29, 0.717) is 18.0 Å². The van der Waals surface area contributed by atoms with Crippen LogP contribution in [0.4, 0.5) is 0 Å². The number of nitrogens with one attached hydrogen (secondary N) is 1. The molecule has 23 heavy (non-hydrogen) atoms. The molecule has 2 aromatic heterocycles. The number of rotatable bonds is 5. The first-order valence-corrected chi connectivity index (χ1v) is 9.82. The van der Waals surface area contributed by atoms with Gasteiger partial charge in [-0.3, -0.25) is 14.8 Å². The molecule has 9 heteroatoms. The van der Waals surface area contributed by atoms with Gasteiger partial charge in [-0.25, -0.2) is 4.68 Å². The molecule has 1 unspecified atom stereocenters. The topological polar surface area (TPSA) is 63.1 Å². The van der Waals surface area contributed by atoms with Crippen LogP contribution in [-0.4, -0.2) is 56.3 Å². The SMILES string of the molecule is CCOC(=O)C1CSCCN1Cn1[nH]c(-c2cccs2)nc1=S. The van der Waals surface area contributed by atoms with Crippen molar-refractivity contribution in [2.24, 2.45) is 0 Å². The van der Waals surface area contributed by atoms with Gasteiger partial charge in [0, 0.05) is 18.1 Å². The maximum absolute atomic E-state index is 12.1. The lowest BCUT2D eigenvalue weighted by Gasteiger charge is -2.33. The van der Waals surface area contributed by atoms with Crippen LogP contribution in [0.15, 0.2) is 17.5 Å². The summed E-state index contributed by atoms with van der Waals surface area (Å²) >= 11 is 8.74. The van der Waals surface area contributed by atoms with Crippen LogP contribution in [0, 0.1) is 4.77 Å². The third-order valence-corrected chi connectivity index (χ3v) is 5.77. The molecule has 0 bridgehead atoms. The van der Waals surface area contributed by atoms with Crippen molar-refractivity contribution < 1.29 is 9.53 Å². The van der Waals surface area contributed by atoms with Crippen LogP contribution in [0.5, 0.6) is 0 Å².